The van der Waals surface area contributed by atoms with Crippen molar-refractivity contribution in [3.8, 4) is 0 Å². The highest BCUT2D eigenvalue weighted by molar-refractivity contribution is 7.80. The van der Waals surface area contributed by atoms with E-state index in [1.165, 1.54) is 0 Å². The maximum atomic E-state index is 12.3. The second kappa shape index (κ2) is 5.84. The van der Waals surface area contributed by atoms with Gasteiger partial charge in [-0.2, -0.15) is 0 Å². The highest BCUT2D eigenvalue weighted by Gasteiger charge is 2.09. The molecule has 3 nitrogen and oxygen atoms in total. The minimum absolute atomic E-state index is 0.170. The number of amides is 1. The van der Waals surface area contributed by atoms with Gasteiger partial charge in [-0.1, -0.05) is 36.5 Å². The highest BCUT2D eigenvalue weighted by atomic mass is 32.1. The predicted octanol–water partition coefficient (Wildman–Crippen LogP) is 3.19. The lowest BCUT2D eigenvalue weighted by Gasteiger charge is -2.10. The van der Waals surface area contributed by atoms with Crippen LogP contribution in [-0.2, 0) is 0 Å². The lowest BCUT2D eigenvalue weighted by atomic mass is 10.1. The van der Waals surface area contributed by atoms with Crippen LogP contribution < -0.4 is 11.1 Å². The molecule has 0 bridgehead atoms. The van der Waals surface area contributed by atoms with Crippen LogP contribution in [0.5, 0.6) is 0 Å². The first-order valence-corrected chi connectivity index (χ1v) is 6.66. The highest BCUT2D eigenvalue weighted by Crippen LogP contribution is 2.17. The minimum atomic E-state index is -0.170. The minimum Gasteiger partial charge on any atom is -0.389 e. The molecule has 0 spiro atoms. The Morgan fingerprint density at radius 3 is 2.50 bits per heavy atom. The zero-order chi connectivity index (χ0) is 14.7. The van der Waals surface area contributed by atoms with E-state index in [1.54, 1.807) is 24.3 Å². The summed E-state index contributed by atoms with van der Waals surface area (Å²) in [6.07, 6.45) is 0. The molecule has 20 heavy (non-hydrogen) atoms. The Hall–Kier alpha value is -2.20. The third-order valence-corrected chi connectivity index (χ3v) is 3.29. The van der Waals surface area contributed by atoms with E-state index in [1.807, 2.05) is 32.0 Å². The average molecular weight is 284 g/mol. The number of carbonyl (C=O) groups is 1. The fourth-order valence-electron chi connectivity index (χ4n) is 1.88. The molecule has 0 heterocycles. The molecule has 0 aromatic heterocycles. The quantitative estimate of drug-likeness (QED) is 0.851. The number of nitrogens with one attached hydrogen (secondary N) is 1. The van der Waals surface area contributed by atoms with Gasteiger partial charge in [-0.25, -0.2) is 0 Å². The zero-order valence-electron chi connectivity index (χ0n) is 11.4. The van der Waals surface area contributed by atoms with Gasteiger partial charge in [-0.05, 0) is 43.2 Å². The molecule has 0 aliphatic heterocycles. The summed E-state index contributed by atoms with van der Waals surface area (Å²) in [7, 11) is 0. The van der Waals surface area contributed by atoms with Crippen LogP contribution in [0.2, 0.25) is 0 Å². The number of aryl methyl sites for hydroxylation is 2. The molecule has 2 aromatic rings. The van der Waals surface area contributed by atoms with Crippen LogP contribution in [0, 0.1) is 13.8 Å². The number of hydrogen-bond donors (Lipinski definition) is 2. The Balaban J connectivity index is 2.26. The molecule has 0 atom stereocenters. The largest absolute Gasteiger partial charge is 0.389 e. The van der Waals surface area contributed by atoms with Crippen LogP contribution in [0.4, 0.5) is 5.69 Å². The predicted molar refractivity (Wildman–Crippen MR) is 86.2 cm³/mol. The monoisotopic (exact) mass is 284 g/mol. The van der Waals surface area contributed by atoms with Crippen molar-refractivity contribution in [3.63, 3.8) is 0 Å². The Morgan fingerprint density at radius 2 is 1.80 bits per heavy atom. The number of rotatable bonds is 3. The lowest BCUT2D eigenvalue weighted by Crippen LogP contribution is -2.15. The second-order valence-corrected chi connectivity index (χ2v) is 5.16. The number of thiocarbonyl (C=S) groups is 1. The topological polar surface area (TPSA) is 55.1 Å². The Bertz CT molecular complexity index is 680. The summed E-state index contributed by atoms with van der Waals surface area (Å²) in [6, 6.07) is 12.9. The van der Waals surface area contributed by atoms with Gasteiger partial charge < -0.3 is 11.1 Å². The molecule has 0 aliphatic rings. The molecule has 3 N–H and O–H groups in total. The SMILES string of the molecule is Cc1ccc(C)c(NC(=O)c2cccc(C(N)=S)c2)c1. The molecule has 2 rings (SSSR count). The summed E-state index contributed by atoms with van der Waals surface area (Å²) in [6.45, 7) is 3.95. The summed E-state index contributed by atoms with van der Waals surface area (Å²) < 4.78 is 0. The first-order valence-electron chi connectivity index (χ1n) is 6.26. The fraction of sp³-hybridized carbons (Fsp3) is 0.125. The summed E-state index contributed by atoms with van der Waals surface area (Å²) in [4.78, 5) is 12.5. The molecule has 4 heteroatoms. The molecule has 1 amide bonds. The van der Waals surface area contributed by atoms with Crippen molar-refractivity contribution in [1.29, 1.82) is 0 Å². The van der Waals surface area contributed by atoms with Crippen LogP contribution in [0.1, 0.15) is 27.0 Å². The standard InChI is InChI=1S/C16H16N2OS/c1-10-6-7-11(2)14(8-10)18-16(19)13-5-3-4-12(9-13)15(17)20/h3-9H,1-2H3,(H2,17,20)(H,18,19). The van der Waals surface area contributed by atoms with Gasteiger partial charge >= 0.3 is 0 Å². The van der Waals surface area contributed by atoms with Crippen LogP contribution in [0.3, 0.4) is 0 Å². The second-order valence-electron chi connectivity index (χ2n) is 4.72. The van der Waals surface area contributed by atoms with Gasteiger partial charge in [-0.15, -0.1) is 0 Å². The molecule has 0 saturated carbocycles. The van der Waals surface area contributed by atoms with Crippen molar-refractivity contribution in [3.05, 3.63) is 64.7 Å². The van der Waals surface area contributed by atoms with Crippen LogP contribution in [0.15, 0.2) is 42.5 Å². The molecule has 2 aromatic carbocycles. The van der Waals surface area contributed by atoms with E-state index in [9.17, 15) is 4.79 Å². The Labute approximate surface area is 123 Å². The van der Waals surface area contributed by atoms with E-state index in [0.717, 1.165) is 16.8 Å². The fourth-order valence-corrected chi connectivity index (χ4v) is 2.01. The number of nitrogens with two attached hydrogens (primary N) is 1. The molecule has 0 unspecified atom stereocenters. The third kappa shape index (κ3) is 3.22. The number of carbonyl (C=O) groups excluding carboxylic acids is 1. The summed E-state index contributed by atoms with van der Waals surface area (Å²) in [5.41, 5.74) is 9.74. The maximum Gasteiger partial charge on any atom is 0.255 e. The van der Waals surface area contributed by atoms with Gasteiger partial charge in [0.05, 0.1) is 0 Å². The van der Waals surface area contributed by atoms with E-state index >= 15 is 0 Å². The van der Waals surface area contributed by atoms with Crippen molar-refractivity contribution in [2.24, 2.45) is 5.73 Å². The zero-order valence-corrected chi connectivity index (χ0v) is 12.3. The van der Waals surface area contributed by atoms with Gasteiger partial charge in [0.1, 0.15) is 4.99 Å². The molecule has 102 valence electrons. The maximum absolute atomic E-state index is 12.3. The number of benzene rings is 2. The van der Waals surface area contributed by atoms with Gasteiger partial charge in [-0.3, -0.25) is 4.79 Å². The van der Waals surface area contributed by atoms with Gasteiger partial charge in [0.2, 0.25) is 0 Å². The summed E-state index contributed by atoms with van der Waals surface area (Å²) >= 11 is 4.92. The van der Waals surface area contributed by atoms with E-state index in [0.29, 0.717) is 11.1 Å². The van der Waals surface area contributed by atoms with E-state index < -0.39 is 0 Å². The average Bonchev–Trinajstić information content (AvgIpc) is 2.43. The summed E-state index contributed by atoms with van der Waals surface area (Å²) in [5, 5.41) is 2.91. The first-order chi connectivity index (χ1) is 9.47. The van der Waals surface area contributed by atoms with Crippen molar-refractivity contribution >= 4 is 28.8 Å². The molecule has 0 saturated heterocycles. The summed E-state index contributed by atoms with van der Waals surface area (Å²) in [5.74, 6) is -0.170. The Morgan fingerprint density at radius 1 is 1.10 bits per heavy atom. The van der Waals surface area contributed by atoms with E-state index in [-0.39, 0.29) is 10.9 Å². The first kappa shape index (κ1) is 14.2. The molecule has 0 aliphatic carbocycles. The van der Waals surface area contributed by atoms with Gasteiger partial charge in [0, 0.05) is 16.8 Å². The van der Waals surface area contributed by atoms with Gasteiger partial charge in [0.15, 0.2) is 0 Å². The van der Waals surface area contributed by atoms with Crippen LogP contribution in [-0.4, -0.2) is 10.9 Å². The molecular weight excluding hydrogens is 268 g/mol. The van der Waals surface area contributed by atoms with E-state index in [2.05, 4.69) is 5.32 Å². The third-order valence-electron chi connectivity index (χ3n) is 3.05. The van der Waals surface area contributed by atoms with Crippen LogP contribution >= 0.6 is 12.2 Å². The van der Waals surface area contributed by atoms with Crippen LogP contribution in [0.25, 0.3) is 0 Å². The molecular formula is C16H16N2OS. The van der Waals surface area contributed by atoms with Gasteiger partial charge in [0.25, 0.3) is 5.91 Å². The van der Waals surface area contributed by atoms with Crippen molar-refractivity contribution in [1.82, 2.24) is 0 Å². The smallest absolute Gasteiger partial charge is 0.255 e. The van der Waals surface area contributed by atoms with E-state index in [4.69, 9.17) is 18.0 Å². The number of hydrogen-bond acceptors (Lipinski definition) is 2. The normalized spacial score (nSPS) is 10.1. The van der Waals surface area contributed by atoms with Crippen molar-refractivity contribution < 1.29 is 4.79 Å². The Kier molecular flexibility index (Phi) is 4.15. The van der Waals surface area contributed by atoms with Crippen molar-refractivity contribution in [2.45, 2.75) is 13.8 Å². The molecule has 0 fully saturated rings. The van der Waals surface area contributed by atoms with Crippen molar-refractivity contribution in [2.75, 3.05) is 5.32 Å². The number of anilines is 1. The molecule has 0 radical (unpaired) electrons. The lowest BCUT2D eigenvalue weighted by molar-refractivity contribution is 0.102.